The van der Waals surface area contributed by atoms with Crippen molar-refractivity contribution in [1.29, 1.82) is 0 Å². The Kier molecular flexibility index (Phi) is 4.61. The third-order valence-corrected chi connectivity index (χ3v) is 3.61. The maximum absolute atomic E-state index is 12.0. The molecule has 0 spiro atoms. The van der Waals surface area contributed by atoms with Crippen molar-refractivity contribution in [2.24, 2.45) is 5.73 Å². The maximum Gasteiger partial charge on any atom is 0.402 e. The molecule has 0 aliphatic rings. The van der Waals surface area contributed by atoms with E-state index < -0.39 is 33.5 Å². The highest BCUT2D eigenvalue weighted by atomic mass is 32.2. The lowest BCUT2D eigenvalue weighted by atomic mass is 10.2. The summed E-state index contributed by atoms with van der Waals surface area (Å²) in [6.07, 6.45) is -4.69. The highest BCUT2D eigenvalue weighted by Gasteiger charge is 2.30. The number of halogens is 3. The summed E-state index contributed by atoms with van der Waals surface area (Å²) < 4.78 is 65.5. The van der Waals surface area contributed by atoms with Gasteiger partial charge in [-0.15, -0.1) is 0 Å². The summed E-state index contributed by atoms with van der Waals surface area (Å²) in [4.78, 5) is 10.6. The number of methoxy groups -OCH3 is 1. The first kappa shape index (κ1) is 16.2. The van der Waals surface area contributed by atoms with Crippen LogP contribution in [0.1, 0.15) is 10.4 Å². The number of benzene rings is 1. The van der Waals surface area contributed by atoms with Crippen LogP contribution in [-0.2, 0) is 10.0 Å². The lowest BCUT2D eigenvalue weighted by Crippen LogP contribution is -2.33. The fourth-order valence-electron chi connectivity index (χ4n) is 1.31. The van der Waals surface area contributed by atoms with Gasteiger partial charge in [-0.25, -0.2) is 13.1 Å². The number of amides is 1. The highest BCUT2D eigenvalue weighted by molar-refractivity contribution is 7.89. The molecule has 0 heterocycles. The number of hydrogen-bond donors (Lipinski definition) is 2. The molecule has 0 unspecified atom stereocenters. The molecule has 0 fully saturated rings. The topological polar surface area (TPSA) is 98.5 Å². The highest BCUT2D eigenvalue weighted by Crippen LogP contribution is 2.22. The van der Waals surface area contributed by atoms with Gasteiger partial charge in [0.1, 0.15) is 12.3 Å². The second-order valence-electron chi connectivity index (χ2n) is 3.67. The molecule has 1 aromatic rings. The standard InChI is InChI=1S/C10H11F3N2O4S/c1-19-8-3-2-6(4-7(8)9(14)16)20(17,18)15-5-10(11,12)13/h2-4,15H,5H2,1H3,(H2,14,16). The van der Waals surface area contributed by atoms with Gasteiger partial charge in [-0.05, 0) is 18.2 Å². The quantitative estimate of drug-likeness (QED) is 0.833. The van der Waals surface area contributed by atoms with E-state index in [-0.39, 0.29) is 11.3 Å². The normalized spacial score (nSPS) is 12.2. The second-order valence-corrected chi connectivity index (χ2v) is 5.43. The molecule has 0 atom stereocenters. The zero-order chi connectivity index (χ0) is 15.6. The van der Waals surface area contributed by atoms with E-state index in [4.69, 9.17) is 10.5 Å². The minimum atomic E-state index is -4.69. The largest absolute Gasteiger partial charge is 0.496 e. The predicted molar refractivity (Wildman–Crippen MR) is 62.8 cm³/mol. The van der Waals surface area contributed by atoms with E-state index in [0.717, 1.165) is 18.2 Å². The number of nitrogens with two attached hydrogens (primary N) is 1. The van der Waals surface area contributed by atoms with Gasteiger partial charge in [-0.2, -0.15) is 13.2 Å². The summed E-state index contributed by atoms with van der Waals surface area (Å²) in [5, 5.41) is 0. The van der Waals surface area contributed by atoms with Gasteiger partial charge < -0.3 is 10.5 Å². The monoisotopic (exact) mass is 312 g/mol. The number of carbonyl (C=O) groups is 1. The Morgan fingerprint density at radius 3 is 2.45 bits per heavy atom. The van der Waals surface area contributed by atoms with E-state index in [1.807, 2.05) is 0 Å². The van der Waals surface area contributed by atoms with Crippen molar-refractivity contribution < 1.29 is 31.1 Å². The van der Waals surface area contributed by atoms with Gasteiger partial charge in [0.2, 0.25) is 10.0 Å². The molecule has 0 aliphatic heterocycles. The van der Waals surface area contributed by atoms with Gasteiger partial charge in [0.15, 0.2) is 0 Å². The Morgan fingerprint density at radius 1 is 1.40 bits per heavy atom. The smallest absolute Gasteiger partial charge is 0.402 e. The molecule has 0 aromatic heterocycles. The van der Waals surface area contributed by atoms with Crippen LogP contribution in [0, 0.1) is 0 Å². The van der Waals surface area contributed by atoms with Crippen LogP contribution in [-0.4, -0.2) is 34.2 Å². The molecule has 0 bridgehead atoms. The van der Waals surface area contributed by atoms with E-state index in [9.17, 15) is 26.4 Å². The maximum atomic E-state index is 12.0. The Labute approximate surface area is 112 Å². The second kappa shape index (κ2) is 5.67. The van der Waals surface area contributed by atoms with Crippen LogP contribution >= 0.6 is 0 Å². The van der Waals surface area contributed by atoms with Crippen molar-refractivity contribution in [2.75, 3.05) is 13.7 Å². The lowest BCUT2D eigenvalue weighted by molar-refractivity contribution is -0.121. The van der Waals surface area contributed by atoms with Crippen molar-refractivity contribution in [1.82, 2.24) is 4.72 Å². The zero-order valence-corrected chi connectivity index (χ0v) is 11.0. The first-order chi connectivity index (χ1) is 9.07. The first-order valence-electron chi connectivity index (χ1n) is 5.11. The molecule has 20 heavy (non-hydrogen) atoms. The number of ether oxygens (including phenoxy) is 1. The summed E-state index contributed by atoms with van der Waals surface area (Å²) >= 11 is 0. The van der Waals surface area contributed by atoms with Crippen LogP contribution in [0.5, 0.6) is 5.75 Å². The molecule has 6 nitrogen and oxygen atoms in total. The number of alkyl halides is 3. The fourth-order valence-corrected chi connectivity index (χ4v) is 2.35. The average molecular weight is 312 g/mol. The van der Waals surface area contributed by atoms with Crippen molar-refractivity contribution in [3.8, 4) is 5.75 Å². The van der Waals surface area contributed by atoms with E-state index in [1.54, 1.807) is 0 Å². The molecule has 0 saturated carbocycles. The minimum Gasteiger partial charge on any atom is -0.496 e. The van der Waals surface area contributed by atoms with E-state index in [0.29, 0.717) is 0 Å². The number of sulfonamides is 1. The van der Waals surface area contributed by atoms with Gasteiger partial charge in [0, 0.05) is 0 Å². The molecule has 1 aromatic carbocycles. The van der Waals surface area contributed by atoms with Crippen LogP contribution in [0.4, 0.5) is 13.2 Å². The fraction of sp³-hybridized carbons (Fsp3) is 0.300. The first-order valence-corrected chi connectivity index (χ1v) is 6.59. The number of primary amides is 1. The average Bonchev–Trinajstić information content (AvgIpc) is 2.35. The number of hydrogen-bond acceptors (Lipinski definition) is 4. The molecular formula is C10H11F3N2O4S. The number of rotatable bonds is 5. The van der Waals surface area contributed by atoms with Crippen LogP contribution in [0.15, 0.2) is 23.1 Å². The predicted octanol–water partition coefficient (Wildman–Crippen LogP) is 0.635. The van der Waals surface area contributed by atoms with Crippen molar-refractivity contribution in [2.45, 2.75) is 11.1 Å². The molecule has 3 N–H and O–H groups in total. The summed E-state index contributed by atoms with van der Waals surface area (Å²) in [5.74, 6) is -0.943. The summed E-state index contributed by atoms with van der Waals surface area (Å²) in [5.41, 5.74) is 4.78. The third-order valence-electron chi connectivity index (χ3n) is 2.21. The van der Waals surface area contributed by atoms with Gasteiger partial charge in [-0.1, -0.05) is 0 Å². The van der Waals surface area contributed by atoms with Crippen LogP contribution < -0.4 is 15.2 Å². The number of nitrogens with one attached hydrogen (secondary N) is 1. The molecule has 0 saturated heterocycles. The summed E-state index contributed by atoms with van der Waals surface area (Å²) in [6, 6.07) is 2.98. The molecule has 1 amide bonds. The van der Waals surface area contributed by atoms with E-state index >= 15 is 0 Å². The van der Waals surface area contributed by atoms with E-state index in [1.165, 1.54) is 11.8 Å². The molecule has 10 heteroatoms. The van der Waals surface area contributed by atoms with Crippen molar-refractivity contribution in [3.63, 3.8) is 0 Å². The Bertz CT molecular complexity index is 613. The lowest BCUT2D eigenvalue weighted by Gasteiger charge is -2.11. The molecular weight excluding hydrogens is 301 g/mol. The molecule has 112 valence electrons. The Hall–Kier alpha value is -1.81. The van der Waals surface area contributed by atoms with Gasteiger partial charge in [0.05, 0.1) is 17.6 Å². The van der Waals surface area contributed by atoms with Crippen molar-refractivity contribution in [3.05, 3.63) is 23.8 Å². The van der Waals surface area contributed by atoms with Crippen LogP contribution in [0.3, 0.4) is 0 Å². The van der Waals surface area contributed by atoms with Crippen molar-refractivity contribution >= 4 is 15.9 Å². The van der Waals surface area contributed by atoms with Gasteiger partial charge in [0.25, 0.3) is 5.91 Å². The zero-order valence-electron chi connectivity index (χ0n) is 10.2. The molecule has 0 radical (unpaired) electrons. The van der Waals surface area contributed by atoms with Gasteiger partial charge >= 0.3 is 6.18 Å². The van der Waals surface area contributed by atoms with E-state index in [2.05, 4.69) is 0 Å². The Balaban J connectivity index is 3.13. The Morgan fingerprint density at radius 2 is 2.00 bits per heavy atom. The summed E-state index contributed by atoms with van der Waals surface area (Å²) in [7, 11) is -3.17. The van der Waals surface area contributed by atoms with Crippen LogP contribution in [0.25, 0.3) is 0 Å². The van der Waals surface area contributed by atoms with Gasteiger partial charge in [-0.3, -0.25) is 4.79 Å². The summed E-state index contributed by atoms with van der Waals surface area (Å²) in [6.45, 7) is -1.72. The molecule has 1 rings (SSSR count). The third kappa shape index (κ3) is 4.10. The van der Waals surface area contributed by atoms with Crippen LogP contribution in [0.2, 0.25) is 0 Å². The number of carbonyl (C=O) groups excluding carboxylic acids is 1. The minimum absolute atomic E-state index is 0.0206. The SMILES string of the molecule is COc1ccc(S(=O)(=O)NCC(F)(F)F)cc1C(N)=O. The molecule has 0 aliphatic carbocycles.